The minimum atomic E-state index is 0.430. The summed E-state index contributed by atoms with van der Waals surface area (Å²) < 4.78 is 4.63. The second kappa shape index (κ2) is 5.58. The summed E-state index contributed by atoms with van der Waals surface area (Å²) in [6.45, 7) is 2.51. The zero-order valence-corrected chi connectivity index (χ0v) is 10.1. The van der Waals surface area contributed by atoms with Crippen molar-refractivity contribution in [2.75, 3.05) is 5.32 Å². The summed E-state index contributed by atoms with van der Waals surface area (Å²) in [6, 6.07) is 1.67. The molecule has 0 radical (unpaired) electrons. The second-order valence-electron chi connectivity index (χ2n) is 3.44. The van der Waals surface area contributed by atoms with Crippen molar-refractivity contribution in [3.8, 4) is 0 Å². The van der Waals surface area contributed by atoms with Gasteiger partial charge >= 0.3 is 0 Å². The average Bonchev–Trinajstić information content (AvgIpc) is 2.79. The number of halogens is 1. The lowest BCUT2D eigenvalue weighted by Gasteiger charge is -2.05. The molecule has 2 rings (SSSR count). The Kier molecular flexibility index (Phi) is 3.87. The van der Waals surface area contributed by atoms with Gasteiger partial charge in [-0.3, -0.25) is 0 Å². The van der Waals surface area contributed by atoms with Crippen molar-refractivity contribution in [3.63, 3.8) is 0 Å². The van der Waals surface area contributed by atoms with Gasteiger partial charge in [0, 0.05) is 12.5 Å². The van der Waals surface area contributed by atoms with Crippen LogP contribution in [0.15, 0.2) is 17.0 Å². The van der Waals surface area contributed by atoms with Crippen LogP contribution in [0.5, 0.6) is 0 Å². The topological polar surface area (TPSA) is 76.7 Å². The molecule has 0 aliphatic heterocycles. The molecule has 0 spiro atoms. The van der Waals surface area contributed by atoms with E-state index in [4.69, 9.17) is 11.6 Å². The Bertz CT molecular complexity index is 474. The Morgan fingerprint density at radius 3 is 2.94 bits per heavy atom. The molecule has 90 valence electrons. The van der Waals surface area contributed by atoms with Crippen LogP contribution < -0.4 is 5.32 Å². The minimum Gasteiger partial charge on any atom is -0.362 e. The molecule has 7 heteroatoms. The van der Waals surface area contributed by atoms with Gasteiger partial charge in [-0.15, -0.1) is 0 Å². The molecule has 0 saturated carbocycles. The van der Waals surface area contributed by atoms with Gasteiger partial charge in [0.05, 0.1) is 6.54 Å². The molecular formula is C10H12ClN5O. The maximum atomic E-state index is 5.91. The fourth-order valence-corrected chi connectivity index (χ4v) is 1.53. The van der Waals surface area contributed by atoms with Gasteiger partial charge in [0.1, 0.15) is 16.8 Å². The van der Waals surface area contributed by atoms with Gasteiger partial charge in [-0.25, -0.2) is 9.97 Å². The zero-order valence-electron chi connectivity index (χ0n) is 9.35. The molecule has 2 aromatic heterocycles. The molecule has 0 aliphatic carbocycles. The highest BCUT2D eigenvalue weighted by molar-refractivity contribution is 6.29. The molecule has 0 saturated heterocycles. The molecule has 0 unspecified atom stereocenters. The first kappa shape index (κ1) is 11.8. The highest BCUT2D eigenvalue weighted by Crippen LogP contribution is 2.13. The molecular weight excluding hydrogens is 242 g/mol. The number of rotatable bonds is 5. The second-order valence-corrected chi connectivity index (χ2v) is 3.83. The van der Waals surface area contributed by atoms with E-state index in [1.54, 1.807) is 6.07 Å². The highest BCUT2D eigenvalue weighted by atomic mass is 35.5. The fraction of sp³-hybridized carbons (Fsp3) is 0.400. The van der Waals surface area contributed by atoms with E-state index in [0.717, 1.165) is 18.7 Å². The van der Waals surface area contributed by atoms with Crippen LogP contribution in [0.3, 0.4) is 0 Å². The first-order valence-electron chi connectivity index (χ1n) is 5.30. The van der Waals surface area contributed by atoms with Crippen molar-refractivity contribution in [1.29, 1.82) is 0 Å². The predicted molar refractivity (Wildman–Crippen MR) is 62.7 cm³/mol. The lowest BCUT2D eigenvalue weighted by molar-refractivity contribution is 0.411. The molecule has 0 atom stereocenters. The van der Waals surface area contributed by atoms with Crippen LogP contribution in [0.4, 0.5) is 5.82 Å². The van der Waals surface area contributed by atoms with E-state index in [0.29, 0.717) is 23.3 Å². The van der Waals surface area contributed by atoms with Gasteiger partial charge in [-0.05, 0) is 6.42 Å². The third kappa shape index (κ3) is 3.39. The fourth-order valence-electron chi connectivity index (χ4n) is 1.33. The van der Waals surface area contributed by atoms with E-state index in [2.05, 4.69) is 36.9 Å². The lowest BCUT2D eigenvalue weighted by atomic mass is 10.3. The number of anilines is 1. The largest absolute Gasteiger partial charge is 0.362 e. The summed E-state index contributed by atoms with van der Waals surface area (Å²) in [7, 11) is 0. The Balaban J connectivity index is 2.04. The quantitative estimate of drug-likeness (QED) is 0.822. The summed E-state index contributed by atoms with van der Waals surface area (Å²) in [5.41, 5.74) is 0. The van der Waals surface area contributed by atoms with Crippen LogP contribution in [0, 0.1) is 0 Å². The zero-order chi connectivity index (χ0) is 12.1. The van der Waals surface area contributed by atoms with E-state index >= 15 is 0 Å². The van der Waals surface area contributed by atoms with Crippen molar-refractivity contribution >= 4 is 17.4 Å². The van der Waals surface area contributed by atoms with Gasteiger partial charge in [-0.2, -0.15) is 4.98 Å². The molecule has 0 bridgehead atoms. The summed E-state index contributed by atoms with van der Waals surface area (Å²) in [4.78, 5) is 12.4. The average molecular weight is 254 g/mol. The van der Waals surface area contributed by atoms with Crippen molar-refractivity contribution in [2.45, 2.75) is 26.3 Å². The predicted octanol–water partition coefficient (Wildman–Crippen LogP) is 2.08. The molecule has 2 heterocycles. The van der Waals surface area contributed by atoms with Crippen LogP contribution >= 0.6 is 11.6 Å². The molecule has 1 N–H and O–H groups in total. The maximum Gasteiger partial charge on any atom is 0.213 e. The van der Waals surface area contributed by atoms with Crippen molar-refractivity contribution < 1.29 is 4.52 Å². The molecule has 0 aromatic carbocycles. The number of hydrogen-bond acceptors (Lipinski definition) is 6. The van der Waals surface area contributed by atoms with Crippen LogP contribution in [0.2, 0.25) is 5.15 Å². The third-order valence-corrected chi connectivity index (χ3v) is 2.24. The molecule has 0 amide bonds. The molecule has 2 aromatic rings. The summed E-state index contributed by atoms with van der Waals surface area (Å²) >= 11 is 5.91. The number of hydrogen-bond donors (Lipinski definition) is 1. The van der Waals surface area contributed by atoms with E-state index in [-0.39, 0.29) is 0 Å². The summed E-state index contributed by atoms with van der Waals surface area (Å²) in [5.74, 6) is 1.96. The number of aryl methyl sites for hydroxylation is 1. The van der Waals surface area contributed by atoms with Crippen molar-refractivity contribution in [2.24, 2.45) is 0 Å². The van der Waals surface area contributed by atoms with E-state index in [1.165, 1.54) is 6.39 Å². The van der Waals surface area contributed by atoms with Gasteiger partial charge in [0.15, 0.2) is 5.82 Å². The maximum absolute atomic E-state index is 5.91. The Labute approximate surface area is 103 Å². The standard InChI is InChI=1S/C10H12ClN5O/c1-2-3-8-14-7(11)4-9(15-8)12-5-10-13-6-17-16-10/h4,6H,2-3,5H2,1H3,(H,12,14,15). The number of aromatic nitrogens is 4. The van der Waals surface area contributed by atoms with Crippen molar-refractivity contribution in [1.82, 2.24) is 20.1 Å². The van der Waals surface area contributed by atoms with Crippen molar-refractivity contribution in [3.05, 3.63) is 29.3 Å². The van der Waals surface area contributed by atoms with E-state index in [1.807, 2.05) is 0 Å². The van der Waals surface area contributed by atoms with Gasteiger partial charge < -0.3 is 9.84 Å². The van der Waals surface area contributed by atoms with Crippen LogP contribution in [0.25, 0.3) is 0 Å². The van der Waals surface area contributed by atoms with Gasteiger partial charge in [-0.1, -0.05) is 23.7 Å². The van der Waals surface area contributed by atoms with Gasteiger partial charge in [0.25, 0.3) is 0 Å². The smallest absolute Gasteiger partial charge is 0.213 e. The Hall–Kier alpha value is -1.69. The number of nitrogens with zero attached hydrogens (tertiary/aromatic N) is 4. The van der Waals surface area contributed by atoms with Crippen LogP contribution in [0.1, 0.15) is 25.0 Å². The van der Waals surface area contributed by atoms with Crippen LogP contribution in [-0.4, -0.2) is 20.1 Å². The summed E-state index contributed by atoms with van der Waals surface area (Å²) in [5, 5.41) is 7.18. The molecule has 17 heavy (non-hydrogen) atoms. The van der Waals surface area contributed by atoms with Gasteiger partial charge in [0.2, 0.25) is 6.39 Å². The molecule has 6 nitrogen and oxygen atoms in total. The minimum absolute atomic E-state index is 0.430. The molecule has 0 aliphatic rings. The first-order chi connectivity index (χ1) is 8.28. The highest BCUT2D eigenvalue weighted by Gasteiger charge is 2.04. The molecule has 0 fully saturated rings. The third-order valence-electron chi connectivity index (χ3n) is 2.05. The Morgan fingerprint density at radius 2 is 2.24 bits per heavy atom. The monoisotopic (exact) mass is 253 g/mol. The SMILES string of the molecule is CCCc1nc(Cl)cc(NCc2ncon2)n1. The number of nitrogens with one attached hydrogen (secondary N) is 1. The Morgan fingerprint density at radius 1 is 1.35 bits per heavy atom. The van der Waals surface area contributed by atoms with E-state index < -0.39 is 0 Å². The van der Waals surface area contributed by atoms with E-state index in [9.17, 15) is 0 Å². The van der Waals surface area contributed by atoms with Crippen LogP contribution in [-0.2, 0) is 13.0 Å². The lowest BCUT2D eigenvalue weighted by Crippen LogP contribution is -2.05. The summed E-state index contributed by atoms with van der Waals surface area (Å²) in [6.07, 6.45) is 3.06. The normalized spacial score (nSPS) is 10.5. The first-order valence-corrected chi connectivity index (χ1v) is 5.68.